The number of pyridine rings is 3. The zero-order valence-corrected chi connectivity index (χ0v) is 43.6. The molecule has 16 heterocycles. The molecule has 11 aromatic carbocycles. The minimum Gasteiger partial charge on any atom is -0.256 e. The van der Waals surface area contributed by atoms with Gasteiger partial charge in [-0.2, -0.15) is 0 Å². The van der Waals surface area contributed by atoms with Crippen molar-refractivity contribution in [1.29, 1.82) is 0 Å². The zero-order valence-electron chi connectivity index (χ0n) is 43.6. The van der Waals surface area contributed by atoms with Crippen LogP contribution in [0.5, 0.6) is 0 Å². The largest absolute Gasteiger partial charge is 0.256 e. The molecule has 80 heavy (non-hydrogen) atoms. The number of hydrogen-bond acceptors (Lipinski definition) is 3. The van der Waals surface area contributed by atoms with Crippen molar-refractivity contribution in [3.05, 3.63) is 297 Å². The van der Waals surface area contributed by atoms with Gasteiger partial charge in [0.1, 0.15) is 0 Å². The first-order valence-electron chi connectivity index (χ1n) is 27.3. The first-order valence-corrected chi connectivity index (χ1v) is 27.3. The molecule has 0 atom stereocenters. The van der Waals surface area contributed by atoms with Gasteiger partial charge >= 0.3 is 0 Å². The summed E-state index contributed by atoms with van der Waals surface area (Å²) in [6.45, 7) is 0. The van der Waals surface area contributed by atoms with E-state index < -0.39 is 0 Å². The molecular formula is C77H49N3. The number of nitrogens with zero attached hydrogens (tertiary/aromatic N) is 3. The second-order valence-electron chi connectivity index (χ2n) is 20.8. The molecule has 0 N–H and O–H groups in total. The Kier molecular flexibility index (Phi) is 11.5. The van der Waals surface area contributed by atoms with Gasteiger partial charge in [-0.1, -0.05) is 255 Å². The molecule has 0 saturated carbocycles. The first-order chi connectivity index (χ1) is 39.5. The van der Waals surface area contributed by atoms with E-state index in [0.717, 1.165) is 89.0 Å². The van der Waals surface area contributed by atoms with E-state index in [1.165, 1.54) is 66.8 Å². The molecule has 0 unspecified atom stereocenters. The van der Waals surface area contributed by atoms with E-state index in [2.05, 4.69) is 291 Å². The molecule has 372 valence electrons. The Labute approximate surface area is 465 Å². The van der Waals surface area contributed by atoms with Crippen LogP contribution in [0.15, 0.2) is 297 Å². The maximum absolute atomic E-state index is 5.27. The first kappa shape index (κ1) is 46.7. The minimum absolute atomic E-state index is 0.899. The van der Waals surface area contributed by atoms with Crippen molar-refractivity contribution in [3.63, 3.8) is 0 Å². The highest BCUT2D eigenvalue weighted by molar-refractivity contribution is 6.04. The van der Waals surface area contributed by atoms with Crippen molar-refractivity contribution < 1.29 is 0 Å². The number of hydrogen-bond donors (Lipinski definition) is 0. The van der Waals surface area contributed by atoms with Crippen molar-refractivity contribution in [1.82, 2.24) is 15.0 Å². The van der Waals surface area contributed by atoms with Gasteiger partial charge in [0, 0.05) is 33.7 Å². The monoisotopic (exact) mass is 1020 g/mol. The Bertz CT molecular complexity index is 4600. The fourth-order valence-corrected chi connectivity index (χ4v) is 11.4. The zero-order chi connectivity index (χ0) is 52.9. The predicted octanol–water partition coefficient (Wildman–Crippen LogP) is 20.5. The number of aromatic nitrogens is 3. The summed E-state index contributed by atoms with van der Waals surface area (Å²) in [5.41, 5.74) is 28.9. The quantitative estimate of drug-likeness (QED) is 0.142. The van der Waals surface area contributed by atoms with Crippen LogP contribution < -0.4 is 0 Å². The molecule has 26 bridgehead atoms. The molecule has 13 aliphatic rings. The standard InChI is InChI=1S/C77H49N3/c1-3-68-47-69(4-1)61-25-17-57(18-26-61)59-33-37-65(38-34-59)74-44-42-67-40-39-66-41-43-73(79-76(66)77(67)80-74)64-35-31-58(32-36-64)53-13-11-51(12-14-53)50-7-9-52(10-8-50)54-19-27-62(28-20-54)70-5-2-6-72(48-70)75-49-71(45-46-78-75)63-29-21-56(22-30-63)55-15-23-60(68)24-16-55/h1-49H. The van der Waals surface area contributed by atoms with Crippen LogP contribution in [-0.4, -0.2) is 15.0 Å². The highest BCUT2D eigenvalue weighted by Crippen LogP contribution is 2.36. The third-order valence-electron chi connectivity index (χ3n) is 16.0. The lowest BCUT2D eigenvalue weighted by atomic mass is 9.95. The van der Waals surface area contributed by atoms with E-state index in [9.17, 15) is 0 Å². The van der Waals surface area contributed by atoms with Gasteiger partial charge in [-0.3, -0.25) is 4.98 Å². The summed E-state index contributed by atoms with van der Waals surface area (Å²) in [4.78, 5) is 15.4. The summed E-state index contributed by atoms with van der Waals surface area (Å²) in [7, 11) is 0. The fourth-order valence-electron chi connectivity index (χ4n) is 11.4. The summed E-state index contributed by atoms with van der Waals surface area (Å²) < 4.78 is 0. The average molecular weight is 1020 g/mol. The molecule has 14 aromatic rings. The van der Waals surface area contributed by atoms with Crippen molar-refractivity contribution >= 4 is 21.8 Å². The van der Waals surface area contributed by atoms with Crippen molar-refractivity contribution in [2.24, 2.45) is 0 Å². The van der Waals surface area contributed by atoms with E-state index in [4.69, 9.17) is 15.0 Å². The predicted molar refractivity (Wildman–Crippen MR) is 334 cm³/mol. The topological polar surface area (TPSA) is 38.7 Å². The third-order valence-corrected chi connectivity index (χ3v) is 16.0. The van der Waals surface area contributed by atoms with Crippen molar-refractivity contribution in [2.45, 2.75) is 0 Å². The van der Waals surface area contributed by atoms with Crippen LogP contribution in [0.4, 0.5) is 0 Å². The van der Waals surface area contributed by atoms with Gasteiger partial charge in [0.2, 0.25) is 0 Å². The molecule has 0 aliphatic carbocycles. The van der Waals surface area contributed by atoms with Gasteiger partial charge in [0.15, 0.2) is 0 Å². The molecule has 27 rings (SSSR count). The maximum Gasteiger partial charge on any atom is 0.0972 e. The summed E-state index contributed by atoms with van der Waals surface area (Å²) in [6.07, 6.45) is 1.92. The van der Waals surface area contributed by atoms with Gasteiger partial charge in [0.25, 0.3) is 0 Å². The lowest BCUT2D eigenvalue weighted by molar-refractivity contribution is 1.33. The fraction of sp³-hybridized carbons (Fsp3) is 0. The van der Waals surface area contributed by atoms with Gasteiger partial charge in [-0.25, -0.2) is 9.97 Å². The molecule has 3 nitrogen and oxygen atoms in total. The Morgan fingerprint density at radius 3 is 0.713 bits per heavy atom. The van der Waals surface area contributed by atoms with Crippen LogP contribution in [0.2, 0.25) is 0 Å². The Balaban J connectivity index is 0.758. The summed E-state index contributed by atoms with van der Waals surface area (Å²) in [5.74, 6) is 0. The van der Waals surface area contributed by atoms with E-state index >= 15 is 0 Å². The van der Waals surface area contributed by atoms with E-state index in [0.29, 0.717) is 0 Å². The van der Waals surface area contributed by atoms with Crippen molar-refractivity contribution in [3.8, 4) is 134 Å². The average Bonchev–Trinajstić information content (AvgIpc) is 3.57. The molecule has 3 aromatic heterocycles. The maximum atomic E-state index is 5.27. The van der Waals surface area contributed by atoms with Crippen LogP contribution in [-0.2, 0) is 0 Å². The second-order valence-corrected chi connectivity index (χ2v) is 20.8. The molecule has 0 radical (unpaired) electrons. The Morgan fingerprint density at radius 1 is 0.163 bits per heavy atom. The summed E-state index contributed by atoms with van der Waals surface area (Å²) in [6, 6.07) is 105. The Hall–Kier alpha value is -10.6. The van der Waals surface area contributed by atoms with Crippen LogP contribution in [0.3, 0.4) is 0 Å². The molecule has 0 fully saturated rings. The normalized spacial score (nSPS) is 11.5. The lowest BCUT2D eigenvalue weighted by Gasteiger charge is -2.10. The lowest BCUT2D eigenvalue weighted by Crippen LogP contribution is -1.91. The highest BCUT2D eigenvalue weighted by Gasteiger charge is 2.13. The number of benzene rings is 11. The van der Waals surface area contributed by atoms with Gasteiger partial charge in [-0.15, -0.1) is 0 Å². The highest BCUT2D eigenvalue weighted by atomic mass is 14.8. The van der Waals surface area contributed by atoms with Crippen LogP contribution in [0.25, 0.3) is 156 Å². The molecular weight excluding hydrogens is 967 g/mol. The molecule has 0 saturated heterocycles. The van der Waals surface area contributed by atoms with Crippen LogP contribution in [0, 0.1) is 0 Å². The summed E-state index contributed by atoms with van der Waals surface area (Å²) in [5, 5.41) is 2.13. The molecule has 0 amide bonds. The summed E-state index contributed by atoms with van der Waals surface area (Å²) >= 11 is 0. The number of rotatable bonds is 0. The van der Waals surface area contributed by atoms with Crippen LogP contribution >= 0.6 is 0 Å². The van der Waals surface area contributed by atoms with E-state index in [1.807, 2.05) is 6.20 Å². The van der Waals surface area contributed by atoms with Crippen LogP contribution in [0.1, 0.15) is 0 Å². The molecule has 3 heteroatoms. The minimum atomic E-state index is 0.899. The van der Waals surface area contributed by atoms with Gasteiger partial charge in [-0.05, 0) is 137 Å². The smallest absolute Gasteiger partial charge is 0.0972 e. The molecule has 0 spiro atoms. The second kappa shape index (κ2) is 19.8. The molecule has 13 aliphatic heterocycles. The third kappa shape index (κ3) is 8.93. The van der Waals surface area contributed by atoms with Crippen molar-refractivity contribution in [2.75, 3.05) is 0 Å². The van der Waals surface area contributed by atoms with E-state index in [1.54, 1.807) is 0 Å². The SMILES string of the molecule is c1cc2cc(c1)-c1ccc(cc1)-c1ccc(cc1)-c1ccc3ccc4ccc(nc4c3n1)-c1ccc(cc1)-c1ccc(cc1)-c1ccc(cc1)-c1ccc(cc1)-c1cccc(c1)-c1cc(ccn1)-c1ccc(cc1)-c1ccc-2cc1. The Morgan fingerprint density at radius 2 is 0.400 bits per heavy atom. The van der Waals surface area contributed by atoms with Gasteiger partial charge in [0.05, 0.1) is 28.1 Å². The van der Waals surface area contributed by atoms with Gasteiger partial charge < -0.3 is 0 Å². The van der Waals surface area contributed by atoms with E-state index in [-0.39, 0.29) is 0 Å².